The van der Waals surface area contributed by atoms with Gasteiger partial charge in [0.2, 0.25) is 0 Å². The number of allylic oxidation sites excluding steroid dienone is 8. The van der Waals surface area contributed by atoms with Gasteiger partial charge in [0.15, 0.2) is 0 Å². The second kappa shape index (κ2) is 10.5. The van der Waals surface area contributed by atoms with E-state index < -0.39 is 0 Å². The molecule has 114 valence electrons. The molecule has 2 rings (SSSR count). The first-order valence-electron chi connectivity index (χ1n) is 7.93. The molecule has 2 aliphatic carbocycles. The van der Waals surface area contributed by atoms with E-state index in [2.05, 4.69) is 65.8 Å². The molecule has 0 aromatic carbocycles. The predicted molar refractivity (Wildman–Crippen MR) is 89.2 cm³/mol. The largest absolute Gasteiger partial charge is 2.00 e. The normalized spacial score (nSPS) is 16.8. The second-order valence-electron chi connectivity index (χ2n) is 6.69. The van der Waals surface area contributed by atoms with Crippen LogP contribution in [-0.2, 0) is 26.2 Å². The van der Waals surface area contributed by atoms with Gasteiger partial charge in [-0.15, -0.1) is 26.7 Å². The Morgan fingerprint density at radius 2 is 1.14 bits per heavy atom. The molecule has 0 atom stereocenters. The second-order valence-corrected chi connectivity index (χ2v) is 6.69. The zero-order chi connectivity index (χ0) is 15.1. The van der Waals surface area contributed by atoms with Crippen LogP contribution in [0.25, 0.3) is 0 Å². The van der Waals surface area contributed by atoms with Gasteiger partial charge < -0.3 is 0 Å². The topological polar surface area (TPSA) is 0 Å². The summed E-state index contributed by atoms with van der Waals surface area (Å²) in [6.07, 6.45) is 15.7. The molecule has 2 aliphatic rings. The van der Waals surface area contributed by atoms with Crippen LogP contribution in [0.2, 0.25) is 0 Å². The smallest absolute Gasteiger partial charge is 0.269 e. The Labute approximate surface area is 151 Å². The van der Waals surface area contributed by atoms with Gasteiger partial charge in [-0.25, -0.2) is 22.3 Å². The van der Waals surface area contributed by atoms with E-state index in [1.54, 1.807) is 0 Å². The van der Waals surface area contributed by atoms with E-state index in [1.807, 2.05) is 0 Å². The molecule has 0 heterocycles. The zero-order valence-electron chi connectivity index (χ0n) is 14.6. The van der Waals surface area contributed by atoms with Crippen LogP contribution >= 0.6 is 0 Å². The van der Waals surface area contributed by atoms with Crippen molar-refractivity contribution in [1.82, 2.24) is 0 Å². The fourth-order valence-corrected chi connectivity index (χ4v) is 2.46. The standard InChI is InChI=1S/2C10H15.Zr/c2*1-8(2)7-10-6-4-5-9(10)3;/h2*5,8H,4,7H2,1-3H3;/q2*-1;+2. The van der Waals surface area contributed by atoms with Crippen molar-refractivity contribution in [3.63, 3.8) is 0 Å². The maximum Gasteiger partial charge on any atom is 2.00 e. The van der Waals surface area contributed by atoms with Crippen molar-refractivity contribution in [3.8, 4) is 0 Å². The Morgan fingerprint density at radius 1 is 0.810 bits per heavy atom. The van der Waals surface area contributed by atoms with E-state index in [4.69, 9.17) is 0 Å². The van der Waals surface area contributed by atoms with Gasteiger partial charge in [-0.3, -0.25) is 12.2 Å². The predicted octanol–water partition coefficient (Wildman–Crippen LogP) is 6.22. The minimum absolute atomic E-state index is 0. The molecule has 0 unspecified atom stereocenters. The van der Waals surface area contributed by atoms with Crippen molar-refractivity contribution in [2.75, 3.05) is 0 Å². The van der Waals surface area contributed by atoms with Gasteiger partial charge in [-0.05, 0) is 11.8 Å². The SMILES string of the molecule is CC1=CC[C-]=C1CC(C)C.CC1=CC[C-]=C1CC(C)C.[Zr+2]. The molecular formula is C20H30Zr. The summed E-state index contributed by atoms with van der Waals surface area (Å²) in [6.45, 7) is 13.4. The van der Waals surface area contributed by atoms with Crippen molar-refractivity contribution in [2.24, 2.45) is 11.8 Å². The maximum atomic E-state index is 3.36. The van der Waals surface area contributed by atoms with Crippen LogP contribution < -0.4 is 0 Å². The van der Waals surface area contributed by atoms with Crippen molar-refractivity contribution < 1.29 is 26.2 Å². The molecule has 0 aliphatic heterocycles. The molecule has 0 N–H and O–H groups in total. The molecule has 1 heteroatoms. The summed E-state index contributed by atoms with van der Waals surface area (Å²) in [5.74, 6) is 1.54. The van der Waals surface area contributed by atoms with Crippen LogP contribution in [0.4, 0.5) is 0 Å². The fourth-order valence-electron chi connectivity index (χ4n) is 2.46. The van der Waals surface area contributed by atoms with Crippen molar-refractivity contribution in [3.05, 3.63) is 46.6 Å². The van der Waals surface area contributed by atoms with Crippen molar-refractivity contribution >= 4 is 0 Å². The van der Waals surface area contributed by atoms with Crippen LogP contribution in [0.5, 0.6) is 0 Å². The van der Waals surface area contributed by atoms with Gasteiger partial charge in [0.05, 0.1) is 0 Å². The molecule has 0 radical (unpaired) electrons. The van der Waals surface area contributed by atoms with Gasteiger partial charge in [0.25, 0.3) is 0 Å². The third-order valence-corrected chi connectivity index (χ3v) is 3.62. The summed E-state index contributed by atoms with van der Waals surface area (Å²) in [4.78, 5) is 0. The number of rotatable bonds is 4. The van der Waals surface area contributed by atoms with Crippen LogP contribution in [-0.4, -0.2) is 0 Å². The fraction of sp³-hybridized carbons (Fsp3) is 0.600. The van der Waals surface area contributed by atoms with Crippen LogP contribution in [0, 0.1) is 24.0 Å². The molecular weight excluding hydrogens is 331 g/mol. The minimum Gasteiger partial charge on any atom is -0.269 e. The third-order valence-electron chi connectivity index (χ3n) is 3.62. The number of hydrogen-bond acceptors (Lipinski definition) is 0. The molecule has 0 amide bonds. The van der Waals surface area contributed by atoms with E-state index >= 15 is 0 Å². The Balaban J connectivity index is 0.000000364. The molecule has 0 saturated heterocycles. The Kier molecular flexibility index (Phi) is 10.5. The van der Waals surface area contributed by atoms with Gasteiger partial charge in [0, 0.05) is 0 Å². The molecule has 21 heavy (non-hydrogen) atoms. The van der Waals surface area contributed by atoms with E-state index in [9.17, 15) is 0 Å². The summed E-state index contributed by atoms with van der Waals surface area (Å²) in [5.41, 5.74) is 5.76. The van der Waals surface area contributed by atoms with E-state index in [-0.39, 0.29) is 26.2 Å². The monoisotopic (exact) mass is 360 g/mol. The van der Waals surface area contributed by atoms with Gasteiger partial charge in [-0.1, -0.05) is 40.5 Å². The van der Waals surface area contributed by atoms with Gasteiger partial charge in [0.1, 0.15) is 0 Å². The average Bonchev–Trinajstić information content (AvgIpc) is 2.90. The molecule has 0 spiro atoms. The van der Waals surface area contributed by atoms with Crippen LogP contribution in [0.3, 0.4) is 0 Å². The molecule has 0 bridgehead atoms. The Hall–Kier alpha value is -0.157. The first-order chi connectivity index (χ1) is 9.40. The van der Waals surface area contributed by atoms with Gasteiger partial charge >= 0.3 is 26.2 Å². The first-order valence-corrected chi connectivity index (χ1v) is 7.93. The zero-order valence-corrected chi connectivity index (χ0v) is 17.1. The summed E-state index contributed by atoms with van der Waals surface area (Å²) in [7, 11) is 0. The molecule has 0 nitrogen and oxygen atoms in total. The van der Waals surface area contributed by atoms with E-state index in [0.29, 0.717) is 0 Å². The molecule has 0 fully saturated rings. The summed E-state index contributed by atoms with van der Waals surface area (Å²) < 4.78 is 0. The van der Waals surface area contributed by atoms with E-state index in [0.717, 1.165) is 24.7 Å². The maximum absolute atomic E-state index is 3.36. The van der Waals surface area contributed by atoms with Gasteiger partial charge in [-0.2, -0.15) is 12.2 Å². The number of hydrogen-bond donors (Lipinski definition) is 0. The third kappa shape index (κ3) is 8.15. The molecule has 0 aromatic heterocycles. The van der Waals surface area contributed by atoms with Crippen molar-refractivity contribution in [1.29, 1.82) is 0 Å². The Bertz CT molecular complexity index is 389. The molecule has 0 saturated carbocycles. The molecule has 0 aromatic rings. The van der Waals surface area contributed by atoms with Crippen molar-refractivity contribution in [2.45, 2.75) is 67.2 Å². The first kappa shape index (κ1) is 20.8. The quantitative estimate of drug-likeness (QED) is 0.521. The van der Waals surface area contributed by atoms with Crippen LogP contribution in [0.15, 0.2) is 34.4 Å². The summed E-state index contributed by atoms with van der Waals surface area (Å²) in [6, 6.07) is 0. The Morgan fingerprint density at radius 3 is 1.33 bits per heavy atom. The summed E-state index contributed by atoms with van der Waals surface area (Å²) >= 11 is 0. The van der Waals surface area contributed by atoms with E-state index in [1.165, 1.54) is 35.1 Å². The summed E-state index contributed by atoms with van der Waals surface area (Å²) in [5, 5.41) is 0. The minimum atomic E-state index is 0. The average molecular weight is 362 g/mol. The van der Waals surface area contributed by atoms with Crippen LogP contribution in [0.1, 0.15) is 67.2 Å².